The van der Waals surface area contributed by atoms with Gasteiger partial charge < -0.3 is 24.2 Å². The number of amides is 1. The minimum Gasteiger partial charge on any atom is -0.507 e. The molecule has 202 valence electrons. The van der Waals surface area contributed by atoms with Gasteiger partial charge in [0.2, 0.25) is 0 Å². The number of aliphatic hydroxyl groups is 1. The molecule has 0 aromatic heterocycles. The second-order valence-corrected chi connectivity index (χ2v) is 10.2. The Hall–Kier alpha value is -3.36. The van der Waals surface area contributed by atoms with Gasteiger partial charge in [0.25, 0.3) is 11.7 Å². The van der Waals surface area contributed by atoms with Gasteiger partial charge in [-0.15, -0.1) is 0 Å². The molecule has 0 radical (unpaired) electrons. The van der Waals surface area contributed by atoms with Gasteiger partial charge in [0.1, 0.15) is 23.4 Å². The third-order valence-electron chi connectivity index (χ3n) is 7.33. The third kappa shape index (κ3) is 5.42. The summed E-state index contributed by atoms with van der Waals surface area (Å²) in [6.07, 6.45) is 2.37. The van der Waals surface area contributed by atoms with E-state index in [4.69, 9.17) is 14.2 Å². The second-order valence-electron chi connectivity index (χ2n) is 10.2. The first kappa shape index (κ1) is 26.3. The minimum atomic E-state index is -0.701. The Bertz CT molecular complexity index is 1220. The smallest absolute Gasteiger partial charge is 0.295 e. The van der Waals surface area contributed by atoms with E-state index in [1.54, 1.807) is 11.0 Å². The fourth-order valence-corrected chi connectivity index (χ4v) is 5.47. The molecule has 3 aliphatic rings. The summed E-state index contributed by atoms with van der Waals surface area (Å²) < 4.78 is 17.1. The quantitative estimate of drug-likeness (QED) is 0.304. The molecular formula is C30H36N2O6. The number of carbonyl (C=O) groups is 2. The van der Waals surface area contributed by atoms with E-state index in [0.29, 0.717) is 44.1 Å². The molecule has 0 bridgehead atoms. The van der Waals surface area contributed by atoms with Crippen LogP contribution in [0.3, 0.4) is 0 Å². The second kappa shape index (κ2) is 11.6. The molecule has 2 saturated heterocycles. The summed E-state index contributed by atoms with van der Waals surface area (Å²) in [4.78, 5) is 30.7. The SMILES string of the molecule is CCCOc1cccc([C@@H]2/C(=C(\O)c3ccc4c(c3)C[C@@H](C)O4)C(=O)C(=O)N2CCCN2CCOCC2)c1. The number of nitrogens with zero attached hydrogens (tertiary/aromatic N) is 2. The lowest BCUT2D eigenvalue weighted by Gasteiger charge is -2.29. The first-order chi connectivity index (χ1) is 18.5. The van der Waals surface area contributed by atoms with Crippen molar-refractivity contribution in [3.8, 4) is 11.5 Å². The summed E-state index contributed by atoms with van der Waals surface area (Å²) in [5.41, 5.74) is 2.34. The number of benzene rings is 2. The van der Waals surface area contributed by atoms with Crippen LogP contribution in [0.5, 0.6) is 11.5 Å². The highest BCUT2D eigenvalue weighted by atomic mass is 16.5. The van der Waals surface area contributed by atoms with E-state index in [1.165, 1.54) is 0 Å². The van der Waals surface area contributed by atoms with Crippen molar-refractivity contribution in [1.29, 1.82) is 0 Å². The van der Waals surface area contributed by atoms with Crippen molar-refractivity contribution in [2.45, 2.75) is 45.3 Å². The van der Waals surface area contributed by atoms with Crippen LogP contribution < -0.4 is 9.47 Å². The van der Waals surface area contributed by atoms with Gasteiger partial charge in [0.05, 0.1) is 31.4 Å². The average molecular weight is 521 g/mol. The topological polar surface area (TPSA) is 88.5 Å². The van der Waals surface area contributed by atoms with E-state index in [9.17, 15) is 14.7 Å². The maximum absolute atomic E-state index is 13.4. The van der Waals surface area contributed by atoms with Gasteiger partial charge in [-0.05, 0) is 61.2 Å². The van der Waals surface area contributed by atoms with E-state index in [0.717, 1.165) is 49.4 Å². The van der Waals surface area contributed by atoms with Crippen LogP contribution in [-0.4, -0.2) is 78.7 Å². The highest BCUT2D eigenvalue weighted by Crippen LogP contribution is 2.41. The molecule has 0 spiro atoms. The molecule has 1 amide bonds. The first-order valence-electron chi connectivity index (χ1n) is 13.6. The zero-order valence-corrected chi connectivity index (χ0v) is 22.2. The van der Waals surface area contributed by atoms with E-state index in [1.807, 2.05) is 50.2 Å². The number of carbonyl (C=O) groups excluding carboxylic acids is 2. The number of morpholine rings is 1. The molecule has 5 rings (SSSR count). The van der Waals surface area contributed by atoms with E-state index >= 15 is 0 Å². The maximum Gasteiger partial charge on any atom is 0.295 e. The molecule has 2 aromatic rings. The molecule has 8 heteroatoms. The van der Waals surface area contributed by atoms with Gasteiger partial charge in [-0.1, -0.05) is 19.1 Å². The number of rotatable bonds is 9. The van der Waals surface area contributed by atoms with Crippen LogP contribution in [0, 0.1) is 0 Å². The molecule has 3 heterocycles. The minimum absolute atomic E-state index is 0.0605. The van der Waals surface area contributed by atoms with Gasteiger partial charge >= 0.3 is 0 Å². The van der Waals surface area contributed by atoms with Crippen LogP contribution in [0.15, 0.2) is 48.0 Å². The average Bonchev–Trinajstić information content (AvgIpc) is 3.43. The molecule has 2 atom stereocenters. The lowest BCUT2D eigenvalue weighted by atomic mass is 9.94. The lowest BCUT2D eigenvalue weighted by Crippen LogP contribution is -2.38. The maximum atomic E-state index is 13.4. The number of hydrogen-bond acceptors (Lipinski definition) is 7. The number of hydrogen-bond donors (Lipinski definition) is 1. The molecule has 0 aliphatic carbocycles. The number of likely N-dealkylation sites (tertiary alicyclic amines) is 1. The van der Waals surface area contributed by atoms with Crippen molar-refractivity contribution >= 4 is 17.4 Å². The van der Waals surface area contributed by atoms with Gasteiger partial charge in [0, 0.05) is 38.2 Å². The van der Waals surface area contributed by atoms with E-state index in [2.05, 4.69) is 4.90 Å². The van der Waals surface area contributed by atoms with Crippen molar-refractivity contribution in [3.63, 3.8) is 0 Å². The van der Waals surface area contributed by atoms with Crippen molar-refractivity contribution in [2.75, 3.05) is 46.0 Å². The Morgan fingerprint density at radius 1 is 1.11 bits per heavy atom. The number of aliphatic hydroxyl groups excluding tert-OH is 1. The van der Waals surface area contributed by atoms with Crippen LogP contribution in [0.1, 0.15) is 49.4 Å². The summed E-state index contributed by atoms with van der Waals surface area (Å²) in [5, 5.41) is 11.5. The van der Waals surface area contributed by atoms with E-state index in [-0.39, 0.29) is 17.4 Å². The van der Waals surface area contributed by atoms with Gasteiger partial charge in [-0.25, -0.2) is 0 Å². The fourth-order valence-electron chi connectivity index (χ4n) is 5.47. The zero-order chi connectivity index (χ0) is 26.6. The van der Waals surface area contributed by atoms with Crippen molar-refractivity contribution in [3.05, 3.63) is 64.7 Å². The van der Waals surface area contributed by atoms with Crippen LogP contribution >= 0.6 is 0 Å². The molecule has 2 fully saturated rings. The normalized spacial score (nSPS) is 22.9. The molecule has 38 heavy (non-hydrogen) atoms. The molecule has 2 aromatic carbocycles. The molecule has 0 unspecified atom stereocenters. The van der Waals surface area contributed by atoms with Crippen molar-refractivity contribution < 1.29 is 28.9 Å². The molecule has 3 aliphatic heterocycles. The Morgan fingerprint density at radius 2 is 1.92 bits per heavy atom. The number of Topliss-reactive ketones (excluding diaryl/α,β-unsaturated/α-hetero) is 1. The monoisotopic (exact) mass is 520 g/mol. The van der Waals surface area contributed by atoms with Crippen LogP contribution in [0.4, 0.5) is 0 Å². The largest absolute Gasteiger partial charge is 0.507 e. The molecule has 1 N–H and O–H groups in total. The van der Waals surface area contributed by atoms with E-state index < -0.39 is 17.7 Å². The highest BCUT2D eigenvalue weighted by molar-refractivity contribution is 6.46. The standard InChI is InChI=1S/C30H36N2O6/c1-3-14-37-24-7-4-6-21(19-24)27-26(28(33)22-8-9-25-23(18-22)17-20(2)38-25)29(34)30(35)32(27)11-5-10-31-12-15-36-16-13-31/h4,6-9,18-20,27,33H,3,5,10-17H2,1-2H3/b28-26+/t20-,27-/m1/s1. The predicted molar refractivity (Wildman–Crippen MR) is 143 cm³/mol. The number of ketones is 1. The summed E-state index contributed by atoms with van der Waals surface area (Å²) >= 11 is 0. The molecule has 0 saturated carbocycles. The van der Waals surface area contributed by atoms with Gasteiger partial charge in [-0.2, -0.15) is 0 Å². The molecule has 8 nitrogen and oxygen atoms in total. The Labute approximate surface area is 223 Å². The summed E-state index contributed by atoms with van der Waals surface area (Å²) in [6.45, 7) is 8.95. The van der Waals surface area contributed by atoms with Crippen LogP contribution in [-0.2, 0) is 20.7 Å². The molecular weight excluding hydrogens is 484 g/mol. The fraction of sp³-hybridized carbons (Fsp3) is 0.467. The Balaban J connectivity index is 1.49. The van der Waals surface area contributed by atoms with Gasteiger partial charge in [0.15, 0.2) is 0 Å². The van der Waals surface area contributed by atoms with Crippen LogP contribution in [0.2, 0.25) is 0 Å². The lowest BCUT2D eigenvalue weighted by molar-refractivity contribution is -0.140. The number of fused-ring (bicyclic) bond motifs is 1. The third-order valence-corrected chi connectivity index (χ3v) is 7.33. The zero-order valence-electron chi connectivity index (χ0n) is 22.2. The Morgan fingerprint density at radius 3 is 2.71 bits per heavy atom. The predicted octanol–water partition coefficient (Wildman–Crippen LogP) is 3.94. The van der Waals surface area contributed by atoms with Crippen LogP contribution in [0.25, 0.3) is 5.76 Å². The summed E-state index contributed by atoms with van der Waals surface area (Å²) in [7, 11) is 0. The summed E-state index contributed by atoms with van der Waals surface area (Å²) in [6, 6.07) is 12.2. The first-order valence-corrected chi connectivity index (χ1v) is 13.6. The summed E-state index contributed by atoms with van der Waals surface area (Å²) in [5.74, 6) is 0.0495. The van der Waals surface area contributed by atoms with Crippen molar-refractivity contribution in [1.82, 2.24) is 9.80 Å². The van der Waals surface area contributed by atoms with Gasteiger partial charge in [-0.3, -0.25) is 14.5 Å². The Kier molecular flexibility index (Phi) is 8.00. The highest BCUT2D eigenvalue weighted by Gasteiger charge is 2.46. The van der Waals surface area contributed by atoms with Crippen molar-refractivity contribution in [2.24, 2.45) is 0 Å². The number of ether oxygens (including phenoxy) is 3.